The number of anilines is 1. The van der Waals surface area contributed by atoms with E-state index < -0.39 is 0 Å². The van der Waals surface area contributed by atoms with Crippen molar-refractivity contribution in [3.05, 3.63) is 30.1 Å². The molecule has 1 aliphatic carbocycles. The Morgan fingerprint density at radius 2 is 2.00 bits per heavy atom. The Hall–Kier alpha value is -1.84. The molecule has 0 amide bonds. The van der Waals surface area contributed by atoms with E-state index in [1.54, 1.807) is 0 Å². The summed E-state index contributed by atoms with van der Waals surface area (Å²) >= 11 is 0. The Labute approximate surface area is 107 Å². The van der Waals surface area contributed by atoms with Crippen LogP contribution in [0.15, 0.2) is 24.3 Å². The average molecular weight is 242 g/mol. The average Bonchev–Trinajstić information content (AvgIpc) is 3.09. The largest absolute Gasteiger partial charge is 0.388 e. The van der Waals surface area contributed by atoms with Gasteiger partial charge in [-0.15, -0.1) is 0 Å². The number of para-hydroxylation sites is 1. The predicted molar refractivity (Wildman–Crippen MR) is 72.6 cm³/mol. The molecule has 1 fully saturated rings. The van der Waals surface area contributed by atoms with Crippen LogP contribution in [-0.2, 0) is 0 Å². The van der Waals surface area contributed by atoms with Crippen molar-refractivity contribution in [3.63, 3.8) is 0 Å². The molecule has 0 unspecified atom stereocenters. The highest BCUT2D eigenvalue weighted by molar-refractivity contribution is 5.72. The van der Waals surface area contributed by atoms with Gasteiger partial charge >= 0.3 is 0 Å². The van der Waals surface area contributed by atoms with Crippen LogP contribution < -0.4 is 5.32 Å². The predicted octanol–water partition coefficient (Wildman–Crippen LogP) is 3.17. The third-order valence-electron chi connectivity index (χ3n) is 3.68. The summed E-state index contributed by atoms with van der Waals surface area (Å²) < 4.78 is 0. The zero-order valence-corrected chi connectivity index (χ0v) is 10.6. The third kappa shape index (κ3) is 1.98. The molecule has 1 aromatic heterocycles. The lowest BCUT2D eigenvalue weighted by Crippen LogP contribution is -1.95. The van der Waals surface area contributed by atoms with E-state index in [-0.39, 0.29) is 0 Å². The molecule has 3 rings (SSSR count). The van der Waals surface area contributed by atoms with Crippen molar-refractivity contribution in [2.24, 2.45) is 0 Å². The van der Waals surface area contributed by atoms with Crippen molar-refractivity contribution in [2.75, 3.05) is 12.4 Å². The number of hydrogen-bond acceptors (Lipinski definition) is 3. The minimum absolute atomic E-state index is 0.577. The number of nitrogens with zero attached hydrogens (tertiary/aromatic N) is 2. The van der Waals surface area contributed by atoms with Gasteiger partial charge in [0.15, 0.2) is 5.82 Å². The van der Waals surface area contributed by atoms with Crippen LogP contribution in [0, 0.1) is 0 Å². The highest BCUT2D eigenvalue weighted by Crippen LogP contribution is 2.33. The summed E-state index contributed by atoms with van der Waals surface area (Å²) in [4.78, 5) is 4.66. The summed E-state index contributed by atoms with van der Waals surface area (Å²) in [5, 5.41) is 10.7. The normalized spacial score (nSPS) is 16.1. The first-order chi connectivity index (χ1) is 8.88. The van der Waals surface area contributed by atoms with Gasteiger partial charge in [0.2, 0.25) is 0 Å². The first-order valence-electron chi connectivity index (χ1n) is 6.58. The van der Waals surface area contributed by atoms with E-state index in [0.717, 1.165) is 22.9 Å². The number of hydrogen-bond donors (Lipinski definition) is 2. The number of benzene rings is 1. The second kappa shape index (κ2) is 4.80. The van der Waals surface area contributed by atoms with Gasteiger partial charge in [-0.05, 0) is 25.0 Å². The summed E-state index contributed by atoms with van der Waals surface area (Å²) in [6, 6.07) is 8.12. The summed E-state index contributed by atoms with van der Waals surface area (Å²) in [6.45, 7) is 0. The van der Waals surface area contributed by atoms with E-state index in [2.05, 4.69) is 20.5 Å². The van der Waals surface area contributed by atoms with Crippen LogP contribution in [0.2, 0.25) is 0 Å². The topological polar surface area (TPSA) is 53.6 Å². The van der Waals surface area contributed by atoms with Gasteiger partial charge in [0, 0.05) is 24.2 Å². The first-order valence-corrected chi connectivity index (χ1v) is 6.58. The molecule has 94 valence electrons. The maximum atomic E-state index is 4.66. The fourth-order valence-corrected chi connectivity index (χ4v) is 2.67. The number of rotatable bonds is 3. The second-order valence-corrected chi connectivity index (χ2v) is 4.82. The highest BCUT2D eigenvalue weighted by atomic mass is 15.2. The molecule has 0 saturated heterocycles. The number of H-pyrrole nitrogens is 1. The van der Waals surface area contributed by atoms with E-state index in [1.807, 2.05) is 31.3 Å². The number of nitrogens with one attached hydrogen (secondary N) is 2. The Kier molecular flexibility index (Phi) is 3.00. The number of aromatic amines is 1. The van der Waals surface area contributed by atoms with Crippen LogP contribution in [-0.4, -0.2) is 22.2 Å². The lowest BCUT2D eigenvalue weighted by molar-refractivity contribution is 0.672. The molecule has 0 spiro atoms. The minimum Gasteiger partial charge on any atom is -0.388 e. The van der Waals surface area contributed by atoms with E-state index in [1.165, 1.54) is 25.7 Å². The Balaban J connectivity index is 1.92. The SMILES string of the molecule is CNc1ccccc1-c1n[nH]c(C2CCCC2)n1. The molecule has 0 atom stereocenters. The van der Waals surface area contributed by atoms with Crippen LogP contribution in [0.4, 0.5) is 5.69 Å². The molecule has 1 aliphatic rings. The van der Waals surface area contributed by atoms with Crippen LogP contribution in [0.3, 0.4) is 0 Å². The van der Waals surface area contributed by atoms with Crippen LogP contribution >= 0.6 is 0 Å². The standard InChI is InChI=1S/C14H18N4/c1-15-12-9-5-4-8-11(12)14-16-13(17-18-14)10-6-2-3-7-10/h4-5,8-10,15H,2-3,6-7H2,1H3,(H,16,17,18). The zero-order valence-electron chi connectivity index (χ0n) is 10.6. The monoisotopic (exact) mass is 242 g/mol. The van der Waals surface area contributed by atoms with Crippen LogP contribution in [0.5, 0.6) is 0 Å². The molecule has 0 bridgehead atoms. The molecule has 1 saturated carbocycles. The van der Waals surface area contributed by atoms with E-state index in [0.29, 0.717) is 5.92 Å². The molecule has 0 aliphatic heterocycles. The van der Waals surface area contributed by atoms with Crippen molar-refractivity contribution >= 4 is 5.69 Å². The molecule has 1 heterocycles. The fourth-order valence-electron chi connectivity index (χ4n) is 2.67. The lowest BCUT2D eigenvalue weighted by atomic mass is 10.1. The smallest absolute Gasteiger partial charge is 0.183 e. The van der Waals surface area contributed by atoms with Gasteiger partial charge in [-0.25, -0.2) is 4.98 Å². The highest BCUT2D eigenvalue weighted by Gasteiger charge is 2.21. The first kappa shape index (κ1) is 11.3. The van der Waals surface area contributed by atoms with E-state index in [4.69, 9.17) is 0 Å². The molecule has 4 nitrogen and oxygen atoms in total. The summed E-state index contributed by atoms with van der Waals surface area (Å²) in [5.74, 6) is 2.42. The van der Waals surface area contributed by atoms with Crippen molar-refractivity contribution in [1.29, 1.82) is 0 Å². The Morgan fingerprint density at radius 3 is 2.78 bits per heavy atom. The van der Waals surface area contributed by atoms with E-state index in [9.17, 15) is 0 Å². The van der Waals surface area contributed by atoms with Crippen molar-refractivity contribution in [2.45, 2.75) is 31.6 Å². The zero-order chi connectivity index (χ0) is 12.4. The number of aromatic nitrogens is 3. The Morgan fingerprint density at radius 1 is 1.22 bits per heavy atom. The van der Waals surface area contributed by atoms with Gasteiger partial charge < -0.3 is 5.32 Å². The second-order valence-electron chi connectivity index (χ2n) is 4.82. The van der Waals surface area contributed by atoms with Gasteiger partial charge in [0.25, 0.3) is 0 Å². The minimum atomic E-state index is 0.577. The summed E-state index contributed by atoms with van der Waals surface area (Å²) in [6.07, 6.45) is 5.10. The van der Waals surface area contributed by atoms with Crippen LogP contribution in [0.1, 0.15) is 37.4 Å². The third-order valence-corrected chi connectivity index (χ3v) is 3.68. The van der Waals surface area contributed by atoms with Gasteiger partial charge in [-0.1, -0.05) is 25.0 Å². The van der Waals surface area contributed by atoms with Gasteiger partial charge in [0.05, 0.1) is 0 Å². The molecule has 1 aromatic carbocycles. The molecule has 18 heavy (non-hydrogen) atoms. The molecular formula is C14H18N4. The van der Waals surface area contributed by atoms with E-state index >= 15 is 0 Å². The van der Waals surface area contributed by atoms with Crippen LogP contribution in [0.25, 0.3) is 11.4 Å². The van der Waals surface area contributed by atoms with Gasteiger partial charge in [0.1, 0.15) is 5.82 Å². The maximum Gasteiger partial charge on any atom is 0.183 e. The lowest BCUT2D eigenvalue weighted by Gasteiger charge is -2.05. The molecule has 4 heteroatoms. The maximum absolute atomic E-state index is 4.66. The van der Waals surface area contributed by atoms with Gasteiger partial charge in [-0.2, -0.15) is 5.10 Å². The van der Waals surface area contributed by atoms with Crippen molar-refractivity contribution in [1.82, 2.24) is 15.2 Å². The molecule has 0 radical (unpaired) electrons. The molecular weight excluding hydrogens is 224 g/mol. The van der Waals surface area contributed by atoms with Crippen molar-refractivity contribution in [3.8, 4) is 11.4 Å². The fraction of sp³-hybridized carbons (Fsp3) is 0.429. The Bertz CT molecular complexity index is 526. The van der Waals surface area contributed by atoms with Crippen molar-refractivity contribution < 1.29 is 0 Å². The molecule has 2 N–H and O–H groups in total. The summed E-state index contributed by atoms with van der Waals surface area (Å²) in [5.41, 5.74) is 2.12. The molecule has 2 aromatic rings. The van der Waals surface area contributed by atoms with Gasteiger partial charge in [-0.3, -0.25) is 5.10 Å². The quantitative estimate of drug-likeness (QED) is 0.869. The summed E-state index contributed by atoms with van der Waals surface area (Å²) in [7, 11) is 1.92.